The molecular formula is C15H25NO. The van der Waals surface area contributed by atoms with Gasteiger partial charge in [0.25, 0.3) is 0 Å². The van der Waals surface area contributed by atoms with Gasteiger partial charge in [-0.15, -0.1) is 0 Å². The molecule has 1 aromatic carbocycles. The average molecular weight is 235 g/mol. The van der Waals surface area contributed by atoms with Crippen LogP contribution in [0.4, 0.5) is 0 Å². The van der Waals surface area contributed by atoms with E-state index >= 15 is 0 Å². The van der Waals surface area contributed by atoms with Crippen LogP contribution in [0, 0.1) is 0 Å². The van der Waals surface area contributed by atoms with Crippen molar-refractivity contribution in [1.29, 1.82) is 0 Å². The Kier molecular flexibility index (Phi) is 6.23. The second-order valence-electron chi connectivity index (χ2n) is 4.48. The summed E-state index contributed by atoms with van der Waals surface area (Å²) in [6.07, 6.45) is 2.20. The Morgan fingerprint density at radius 3 is 2.41 bits per heavy atom. The zero-order valence-corrected chi connectivity index (χ0v) is 11.3. The Hall–Kier alpha value is -0.860. The molecule has 0 fully saturated rings. The van der Waals surface area contributed by atoms with Gasteiger partial charge in [0.05, 0.1) is 0 Å². The first-order valence-electron chi connectivity index (χ1n) is 6.57. The van der Waals surface area contributed by atoms with Gasteiger partial charge in [-0.2, -0.15) is 0 Å². The van der Waals surface area contributed by atoms with Crippen molar-refractivity contribution < 1.29 is 4.74 Å². The first-order chi connectivity index (χ1) is 8.29. The molecule has 1 atom stereocenters. The van der Waals surface area contributed by atoms with Crippen molar-refractivity contribution in [3.63, 3.8) is 0 Å². The predicted molar refractivity (Wildman–Crippen MR) is 73.4 cm³/mol. The van der Waals surface area contributed by atoms with Gasteiger partial charge in [-0.1, -0.05) is 37.3 Å². The normalized spacial score (nSPS) is 14.5. The van der Waals surface area contributed by atoms with E-state index in [1.54, 1.807) is 0 Å². The molecule has 17 heavy (non-hydrogen) atoms. The molecule has 1 rings (SSSR count). The first-order valence-corrected chi connectivity index (χ1v) is 6.57. The van der Waals surface area contributed by atoms with Gasteiger partial charge in [-0.05, 0) is 32.4 Å². The van der Waals surface area contributed by atoms with E-state index in [1.165, 1.54) is 5.56 Å². The summed E-state index contributed by atoms with van der Waals surface area (Å²) < 4.78 is 5.53. The van der Waals surface area contributed by atoms with Crippen LogP contribution < -0.4 is 5.32 Å². The van der Waals surface area contributed by atoms with E-state index in [4.69, 9.17) is 4.74 Å². The van der Waals surface area contributed by atoms with Gasteiger partial charge >= 0.3 is 0 Å². The van der Waals surface area contributed by atoms with E-state index in [1.807, 2.05) is 14.0 Å². The van der Waals surface area contributed by atoms with Crippen LogP contribution in [0.1, 0.15) is 32.3 Å². The number of hydrogen-bond acceptors (Lipinski definition) is 2. The van der Waals surface area contributed by atoms with E-state index in [2.05, 4.69) is 42.6 Å². The summed E-state index contributed by atoms with van der Waals surface area (Å²) in [6, 6.07) is 10.8. The summed E-state index contributed by atoms with van der Waals surface area (Å²) in [4.78, 5) is 0. The van der Waals surface area contributed by atoms with Gasteiger partial charge in [0.2, 0.25) is 0 Å². The third kappa shape index (κ3) is 3.83. The van der Waals surface area contributed by atoms with E-state index in [-0.39, 0.29) is 5.41 Å². The molecule has 0 spiro atoms. The fraction of sp³-hybridized carbons (Fsp3) is 0.600. The summed E-state index contributed by atoms with van der Waals surface area (Å²) in [5.41, 5.74) is 1.61. The summed E-state index contributed by atoms with van der Waals surface area (Å²) in [5, 5.41) is 3.33. The third-order valence-electron chi connectivity index (χ3n) is 3.51. The molecule has 0 saturated carbocycles. The van der Waals surface area contributed by atoms with E-state index in [0.29, 0.717) is 0 Å². The second-order valence-corrected chi connectivity index (χ2v) is 4.48. The molecule has 0 heterocycles. The van der Waals surface area contributed by atoms with Crippen LogP contribution in [0.2, 0.25) is 0 Å². The molecule has 1 N–H and O–H groups in total. The Morgan fingerprint density at radius 1 is 1.18 bits per heavy atom. The Balaban J connectivity index is 2.83. The van der Waals surface area contributed by atoms with Crippen molar-refractivity contribution in [3.8, 4) is 0 Å². The molecule has 2 nitrogen and oxygen atoms in total. The highest BCUT2D eigenvalue weighted by atomic mass is 16.5. The van der Waals surface area contributed by atoms with E-state index in [0.717, 1.165) is 32.6 Å². The highest BCUT2D eigenvalue weighted by Crippen LogP contribution is 2.31. The van der Waals surface area contributed by atoms with Gasteiger partial charge in [-0.3, -0.25) is 0 Å². The minimum atomic E-state index is 0.200. The molecule has 0 aromatic heterocycles. The van der Waals surface area contributed by atoms with Crippen molar-refractivity contribution in [3.05, 3.63) is 35.9 Å². The van der Waals surface area contributed by atoms with Gasteiger partial charge in [0.1, 0.15) is 0 Å². The third-order valence-corrected chi connectivity index (χ3v) is 3.51. The van der Waals surface area contributed by atoms with Crippen molar-refractivity contribution >= 4 is 0 Å². The standard InChI is InChI=1S/C15H25NO/c1-4-15(13-16-3,11-12-17-5-2)14-9-7-6-8-10-14/h6-10,16H,4-5,11-13H2,1-3H3. The molecule has 1 aromatic rings. The lowest BCUT2D eigenvalue weighted by Gasteiger charge is -2.33. The number of likely N-dealkylation sites (N-methyl/N-ethyl adjacent to an activating group) is 1. The molecule has 1 unspecified atom stereocenters. The van der Waals surface area contributed by atoms with Crippen molar-refractivity contribution in [2.24, 2.45) is 0 Å². The van der Waals surface area contributed by atoms with E-state index in [9.17, 15) is 0 Å². The quantitative estimate of drug-likeness (QED) is 0.699. The maximum absolute atomic E-state index is 5.53. The van der Waals surface area contributed by atoms with Crippen LogP contribution in [-0.4, -0.2) is 26.8 Å². The van der Waals surface area contributed by atoms with Crippen molar-refractivity contribution in [2.75, 3.05) is 26.8 Å². The van der Waals surface area contributed by atoms with Crippen molar-refractivity contribution in [2.45, 2.75) is 32.1 Å². The summed E-state index contributed by atoms with van der Waals surface area (Å²) in [5.74, 6) is 0. The number of rotatable bonds is 8. The number of hydrogen-bond donors (Lipinski definition) is 1. The lowest BCUT2D eigenvalue weighted by Crippen LogP contribution is -2.37. The Morgan fingerprint density at radius 2 is 1.88 bits per heavy atom. The van der Waals surface area contributed by atoms with Crippen LogP contribution in [0.3, 0.4) is 0 Å². The number of nitrogens with one attached hydrogen (secondary N) is 1. The minimum Gasteiger partial charge on any atom is -0.382 e. The zero-order valence-electron chi connectivity index (χ0n) is 11.3. The average Bonchev–Trinajstić information content (AvgIpc) is 2.39. The number of ether oxygens (including phenoxy) is 1. The van der Waals surface area contributed by atoms with Crippen LogP contribution in [0.25, 0.3) is 0 Å². The smallest absolute Gasteiger partial charge is 0.0474 e. The molecular weight excluding hydrogens is 210 g/mol. The molecule has 0 aliphatic carbocycles. The monoisotopic (exact) mass is 235 g/mol. The Bertz CT molecular complexity index is 299. The van der Waals surface area contributed by atoms with Gasteiger partial charge in [-0.25, -0.2) is 0 Å². The number of benzene rings is 1. The molecule has 0 radical (unpaired) electrons. The molecule has 0 aliphatic rings. The molecule has 0 amide bonds. The fourth-order valence-corrected chi connectivity index (χ4v) is 2.38. The minimum absolute atomic E-state index is 0.200. The maximum atomic E-state index is 5.53. The maximum Gasteiger partial charge on any atom is 0.0474 e. The fourth-order valence-electron chi connectivity index (χ4n) is 2.38. The van der Waals surface area contributed by atoms with Crippen LogP contribution >= 0.6 is 0 Å². The van der Waals surface area contributed by atoms with Crippen molar-refractivity contribution in [1.82, 2.24) is 5.32 Å². The topological polar surface area (TPSA) is 21.3 Å². The van der Waals surface area contributed by atoms with Crippen LogP contribution in [0.5, 0.6) is 0 Å². The zero-order chi connectivity index (χ0) is 12.6. The molecule has 96 valence electrons. The van der Waals surface area contributed by atoms with Crippen LogP contribution in [-0.2, 0) is 10.2 Å². The largest absolute Gasteiger partial charge is 0.382 e. The lowest BCUT2D eigenvalue weighted by molar-refractivity contribution is 0.123. The van der Waals surface area contributed by atoms with E-state index < -0.39 is 0 Å². The lowest BCUT2D eigenvalue weighted by atomic mass is 9.75. The summed E-state index contributed by atoms with van der Waals surface area (Å²) in [7, 11) is 2.02. The van der Waals surface area contributed by atoms with Gasteiger partial charge in [0.15, 0.2) is 0 Å². The molecule has 0 bridgehead atoms. The predicted octanol–water partition coefficient (Wildman–Crippen LogP) is 2.98. The first kappa shape index (κ1) is 14.2. The molecule has 0 saturated heterocycles. The van der Waals surface area contributed by atoms with Crippen LogP contribution in [0.15, 0.2) is 30.3 Å². The SMILES string of the molecule is CCOCCC(CC)(CNC)c1ccccc1. The highest BCUT2D eigenvalue weighted by molar-refractivity contribution is 5.25. The highest BCUT2D eigenvalue weighted by Gasteiger charge is 2.29. The second kappa shape index (κ2) is 7.46. The molecule has 2 heteroatoms. The summed E-state index contributed by atoms with van der Waals surface area (Å²) in [6.45, 7) is 6.94. The summed E-state index contributed by atoms with van der Waals surface area (Å²) >= 11 is 0. The molecule has 0 aliphatic heterocycles. The van der Waals surface area contributed by atoms with Gasteiger partial charge < -0.3 is 10.1 Å². The van der Waals surface area contributed by atoms with Gasteiger partial charge in [0, 0.05) is 25.2 Å². The Labute approximate surface area is 105 Å².